The highest BCUT2D eigenvalue weighted by atomic mass is 16.5. The summed E-state index contributed by atoms with van der Waals surface area (Å²) in [6, 6.07) is 12.2. The first kappa shape index (κ1) is 20.2. The van der Waals surface area contributed by atoms with Gasteiger partial charge in [-0.1, -0.05) is 35.9 Å². The summed E-state index contributed by atoms with van der Waals surface area (Å²) in [6.45, 7) is 8.74. The lowest BCUT2D eigenvalue weighted by molar-refractivity contribution is 0.224. The van der Waals surface area contributed by atoms with Crippen molar-refractivity contribution >= 4 is 11.7 Å². The first-order chi connectivity index (χ1) is 13.5. The van der Waals surface area contributed by atoms with E-state index in [4.69, 9.17) is 4.74 Å². The van der Waals surface area contributed by atoms with Crippen molar-refractivity contribution in [1.29, 1.82) is 0 Å². The minimum atomic E-state index is -0.172. The van der Waals surface area contributed by atoms with Crippen LogP contribution < -0.4 is 15.4 Å². The molecule has 2 aromatic rings. The number of anilines is 1. The molecule has 5 heteroatoms. The molecule has 0 saturated carbocycles. The fraction of sp³-hybridized carbons (Fsp3) is 0.435. The van der Waals surface area contributed by atoms with Gasteiger partial charge in [-0.15, -0.1) is 0 Å². The van der Waals surface area contributed by atoms with Crippen molar-refractivity contribution in [2.24, 2.45) is 0 Å². The first-order valence-electron chi connectivity index (χ1n) is 9.99. The summed E-state index contributed by atoms with van der Waals surface area (Å²) in [5.74, 6) is 0.867. The molecule has 0 spiro atoms. The number of likely N-dealkylation sites (tertiary alicyclic amines) is 1. The fourth-order valence-electron chi connectivity index (χ4n) is 4.16. The van der Waals surface area contributed by atoms with Gasteiger partial charge < -0.3 is 15.4 Å². The Morgan fingerprint density at radius 3 is 2.39 bits per heavy atom. The normalized spacial score (nSPS) is 15.3. The van der Waals surface area contributed by atoms with Gasteiger partial charge in [0.25, 0.3) is 0 Å². The number of hydrogen-bond acceptors (Lipinski definition) is 3. The number of rotatable bonds is 6. The van der Waals surface area contributed by atoms with Crippen LogP contribution in [0.2, 0.25) is 0 Å². The van der Waals surface area contributed by atoms with Gasteiger partial charge in [0.15, 0.2) is 0 Å². The average Bonchev–Trinajstić information content (AvgIpc) is 3.19. The third kappa shape index (κ3) is 4.65. The molecule has 2 amide bonds. The molecule has 1 atom stereocenters. The molecule has 2 N–H and O–H groups in total. The van der Waals surface area contributed by atoms with Crippen LogP contribution in [0.25, 0.3) is 0 Å². The fourth-order valence-corrected chi connectivity index (χ4v) is 4.16. The Kier molecular flexibility index (Phi) is 6.57. The smallest absolute Gasteiger partial charge is 0.319 e. The van der Waals surface area contributed by atoms with Crippen molar-refractivity contribution in [2.45, 2.75) is 39.7 Å². The van der Waals surface area contributed by atoms with Gasteiger partial charge in [-0.05, 0) is 63.9 Å². The largest absolute Gasteiger partial charge is 0.496 e. The summed E-state index contributed by atoms with van der Waals surface area (Å²) in [6.07, 6.45) is 2.39. The van der Waals surface area contributed by atoms with E-state index in [0.717, 1.165) is 41.2 Å². The molecule has 0 aromatic heterocycles. The maximum atomic E-state index is 12.6. The number of para-hydroxylation sites is 1. The van der Waals surface area contributed by atoms with E-state index in [0.29, 0.717) is 6.54 Å². The van der Waals surface area contributed by atoms with E-state index >= 15 is 0 Å². The summed E-state index contributed by atoms with van der Waals surface area (Å²) >= 11 is 0. The number of aryl methyl sites for hydroxylation is 3. The molecule has 2 aromatic carbocycles. The molecule has 0 bridgehead atoms. The molecule has 1 aliphatic rings. The lowest BCUT2D eigenvalue weighted by Crippen LogP contribution is -2.39. The molecule has 0 aliphatic carbocycles. The number of benzene rings is 2. The van der Waals surface area contributed by atoms with E-state index in [9.17, 15) is 4.79 Å². The number of nitrogens with zero attached hydrogens (tertiary/aromatic N) is 1. The van der Waals surface area contributed by atoms with Crippen LogP contribution in [0.1, 0.15) is 41.1 Å². The summed E-state index contributed by atoms with van der Waals surface area (Å²) in [4.78, 5) is 15.1. The Balaban J connectivity index is 1.72. The molecule has 150 valence electrons. The van der Waals surface area contributed by atoms with Crippen LogP contribution in [0.5, 0.6) is 5.75 Å². The van der Waals surface area contributed by atoms with Crippen LogP contribution in [0, 0.1) is 20.8 Å². The van der Waals surface area contributed by atoms with E-state index in [2.05, 4.69) is 40.7 Å². The van der Waals surface area contributed by atoms with Gasteiger partial charge in [-0.3, -0.25) is 4.90 Å². The molecule has 28 heavy (non-hydrogen) atoms. The van der Waals surface area contributed by atoms with Gasteiger partial charge in [0, 0.05) is 17.8 Å². The molecule has 1 unspecified atom stereocenters. The van der Waals surface area contributed by atoms with Crippen LogP contribution in [0.3, 0.4) is 0 Å². The van der Waals surface area contributed by atoms with Crippen molar-refractivity contribution in [1.82, 2.24) is 10.2 Å². The molecule has 1 fully saturated rings. The number of ether oxygens (including phenoxy) is 1. The van der Waals surface area contributed by atoms with Crippen LogP contribution >= 0.6 is 0 Å². The van der Waals surface area contributed by atoms with E-state index in [-0.39, 0.29) is 12.1 Å². The second-order valence-corrected chi connectivity index (χ2v) is 7.61. The number of amides is 2. The highest BCUT2D eigenvalue weighted by molar-refractivity contribution is 5.91. The molecular formula is C23H31N3O2. The minimum Gasteiger partial charge on any atom is -0.496 e. The van der Waals surface area contributed by atoms with Crippen LogP contribution in [0.15, 0.2) is 36.4 Å². The van der Waals surface area contributed by atoms with E-state index in [1.165, 1.54) is 18.4 Å². The lowest BCUT2D eigenvalue weighted by atomic mass is 10.0. The Labute approximate surface area is 168 Å². The quantitative estimate of drug-likeness (QED) is 0.770. The minimum absolute atomic E-state index is 0.101. The first-order valence-corrected chi connectivity index (χ1v) is 9.99. The van der Waals surface area contributed by atoms with Gasteiger partial charge in [-0.25, -0.2) is 4.79 Å². The SMILES string of the molecule is COc1ccccc1C(CNC(=O)Nc1c(C)cc(C)cc1C)N1CCCC1. The molecule has 1 heterocycles. The third-order valence-corrected chi connectivity index (χ3v) is 5.45. The van der Waals surface area contributed by atoms with Gasteiger partial charge in [0.1, 0.15) is 5.75 Å². The molecule has 1 saturated heterocycles. The second-order valence-electron chi connectivity index (χ2n) is 7.61. The van der Waals surface area contributed by atoms with Crippen molar-refractivity contribution in [3.05, 3.63) is 58.7 Å². The zero-order valence-electron chi connectivity index (χ0n) is 17.3. The summed E-state index contributed by atoms with van der Waals surface area (Å²) in [7, 11) is 1.70. The van der Waals surface area contributed by atoms with E-state index in [1.807, 2.05) is 32.0 Å². The standard InChI is InChI=1S/C23H31N3O2/c1-16-13-17(2)22(18(3)14-16)25-23(27)24-15-20(26-11-7-8-12-26)19-9-5-6-10-21(19)28-4/h5-6,9-10,13-14,20H,7-8,11-12,15H2,1-4H3,(H2,24,25,27). The number of carbonyl (C=O) groups excluding carboxylic acids is 1. The maximum absolute atomic E-state index is 12.6. The molecule has 3 rings (SSSR count). The number of hydrogen-bond donors (Lipinski definition) is 2. The molecular weight excluding hydrogens is 350 g/mol. The van der Waals surface area contributed by atoms with Crippen LogP contribution in [-0.4, -0.2) is 37.7 Å². The number of carbonyl (C=O) groups is 1. The van der Waals surface area contributed by atoms with Gasteiger partial charge >= 0.3 is 6.03 Å². The number of methoxy groups -OCH3 is 1. The summed E-state index contributed by atoms with van der Waals surface area (Å²) in [5, 5.41) is 6.11. The van der Waals surface area contributed by atoms with Gasteiger partial charge in [0.2, 0.25) is 0 Å². The third-order valence-electron chi connectivity index (χ3n) is 5.45. The Morgan fingerprint density at radius 1 is 1.11 bits per heavy atom. The highest BCUT2D eigenvalue weighted by Gasteiger charge is 2.26. The molecule has 5 nitrogen and oxygen atoms in total. The van der Waals surface area contributed by atoms with Crippen molar-refractivity contribution < 1.29 is 9.53 Å². The zero-order chi connectivity index (χ0) is 20.1. The summed E-state index contributed by atoms with van der Waals surface area (Å²) in [5.41, 5.74) is 5.36. The second kappa shape index (κ2) is 9.11. The zero-order valence-corrected chi connectivity index (χ0v) is 17.3. The highest BCUT2D eigenvalue weighted by Crippen LogP contribution is 2.31. The lowest BCUT2D eigenvalue weighted by Gasteiger charge is -2.29. The maximum Gasteiger partial charge on any atom is 0.319 e. The van der Waals surface area contributed by atoms with E-state index < -0.39 is 0 Å². The Morgan fingerprint density at radius 2 is 1.75 bits per heavy atom. The number of nitrogens with one attached hydrogen (secondary N) is 2. The summed E-state index contributed by atoms with van der Waals surface area (Å²) < 4.78 is 5.58. The van der Waals surface area contributed by atoms with Crippen molar-refractivity contribution in [3.8, 4) is 5.75 Å². The van der Waals surface area contributed by atoms with Gasteiger partial charge in [0.05, 0.1) is 13.2 Å². The molecule has 1 aliphatic heterocycles. The average molecular weight is 382 g/mol. The number of urea groups is 1. The topological polar surface area (TPSA) is 53.6 Å². The molecule has 0 radical (unpaired) electrons. The predicted octanol–water partition coefficient (Wildman–Crippen LogP) is 4.58. The monoisotopic (exact) mass is 381 g/mol. The van der Waals surface area contributed by atoms with Crippen LogP contribution in [0.4, 0.5) is 10.5 Å². The Hall–Kier alpha value is -2.53. The van der Waals surface area contributed by atoms with Crippen molar-refractivity contribution in [2.75, 3.05) is 32.1 Å². The Bertz CT molecular complexity index is 805. The van der Waals surface area contributed by atoms with Gasteiger partial charge in [-0.2, -0.15) is 0 Å². The van der Waals surface area contributed by atoms with Crippen molar-refractivity contribution in [3.63, 3.8) is 0 Å². The van der Waals surface area contributed by atoms with E-state index in [1.54, 1.807) is 7.11 Å². The van der Waals surface area contributed by atoms with Crippen LogP contribution in [-0.2, 0) is 0 Å². The predicted molar refractivity (Wildman–Crippen MR) is 114 cm³/mol.